The van der Waals surface area contributed by atoms with E-state index < -0.39 is 15.3 Å². The number of amides is 1. The first kappa shape index (κ1) is 24.3. The maximum atomic E-state index is 12.7. The number of aromatic nitrogens is 2. The maximum Gasteiger partial charge on any atom is 0.263 e. The summed E-state index contributed by atoms with van der Waals surface area (Å²) in [5.41, 5.74) is 1.69. The van der Waals surface area contributed by atoms with Gasteiger partial charge in [-0.1, -0.05) is 30.8 Å². The molecule has 0 radical (unpaired) electrons. The molecule has 9 nitrogen and oxygen atoms in total. The molecule has 172 valence electrons. The van der Waals surface area contributed by atoms with Gasteiger partial charge in [0, 0.05) is 17.4 Å². The van der Waals surface area contributed by atoms with Gasteiger partial charge in [-0.05, 0) is 56.2 Å². The zero-order valence-corrected chi connectivity index (χ0v) is 20.1. The largest absolute Gasteiger partial charge is 0.360 e. The molecule has 0 bridgehead atoms. The second-order valence-corrected chi connectivity index (χ2v) is 10.6. The smallest absolute Gasteiger partial charge is 0.263 e. The fourth-order valence-corrected chi connectivity index (χ4v) is 4.63. The number of nitriles is 1. The van der Waals surface area contributed by atoms with Crippen LogP contribution in [0.1, 0.15) is 43.7 Å². The quantitative estimate of drug-likeness (QED) is 0.451. The van der Waals surface area contributed by atoms with Crippen molar-refractivity contribution in [3.8, 4) is 6.07 Å². The monoisotopic (exact) mass is 485 g/mol. The Hall–Kier alpha value is -3.36. The number of hydrogen-bond acceptors (Lipinski definition) is 8. The fourth-order valence-electron chi connectivity index (χ4n) is 2.74. The molecular weight excluding hydrogens is 462 g/mol. The lowest BCUT2D eigenvalue weighted by Gasteiger charge is -2.14. The molecule has 0 fully saturated rings. The molecule has 1 aromatic carbocycles. The molecule has 33 heavy (non-hydrogen) atoms. The highest BCUT2D eigenvalue weighted by atomic mass is 32.2. The van der Waals surface area contributed by atoms with Gasteiger partial charge >= 0.3 is 0 Å². The summed E-state index contributed by atoms with van der Waals surface area (Å²) in [4.78, 5) is 17.2. The number of carbonyl (C=O) groups is 1. The normalized spacial score (nSPS) is 12.2. The van der Waals surface area contributed by atoms with Crippen molar-refractivity contribution in [3.63, 3.8) is 0 Å². The van der Waals surface area contributed by atoms with Gasteiger partial charge in [-0.25, -0.2) is 13.4 Å². The summed E-state index contributed by atoms with van der Waals surface area (Å²) in [5.74, 6) is 0.458. The molecule has 2 aromatic heterocycles. The topological polar surface area (TPSA) is 138 Å². The molecule has 1 unspecified atom stereocenters. The predicted molar refractivity (Wildman–Crippen MR) is 125 cm³/mol. The van der Waals surface area contributed by atoms with Gasteiger partial charge in [0.2, 0.25) is 5.91 Å². The minimum absolute atomic E-state index is 0.0111. The van der Waals surface area contributed by atoms with Crippen LogP contribution in [0.25, 0.3) is 0 Å². The molecule has 2 N–H and O–H groups in total. The molecule has 1 atom stereocenters. The number of aryl methyl sites for hydroxylation is 1. The lowest BCUT2D eigenvalue weighted by atomic mass is 10.1. The van der Waals surface area contributed by atoms with Crippen molar-refractivity contribution in [1.29, 1.82) is 5.26 Å². The average molecular weight is 486 g/mol. The highest BCUT2D eigenvalue weighted by molar-refractivity contribution is 8.00. The number of thioether (sulfide) groups is 1. The third-order valence-corrected chi connectivity index (χ3v) is 7.02. The Kier molecular flexibility index (Phi) is 7.40. The van der Waals surface area contributed by atoms with Crippen LogP contribution in [-0.4, -0.2) is 29.7 Å². The first-order valence-electron chi connectivity index (χ1n) is 10.0. The third kappa shape index (κ3) is 6.12. The van der Waals surface area contributed by atoms with Crippen LogP contribution in [0.15, 0.2) is 56.9 Å². The highest BCUT2D eigenvalue weighted by Gasteiger charge is 2.20. The predicted octanol–water partition coefficient (Wildman–Crippen LogP) is 4.29. The molecular formula is C22H23N5O4S2. The van der Waals surface area contributed by atoms with Gasteiger partial charge in [0.1, 0.15) is 16.9 Å². The summed E-state index contributed by atoms with van der Waals surface area (Å²) in [5, 5.41) is 15.7. The highest BCUT2D eigenvalue weighted by Crippen LogP contribution is 2.28. The Morgan fingerprint density at radius 1 is 1.15 bits per heavy atom. The van der Waals surface area contributed by atoms with Crippen LogP contribution >= 0.6 is 11.8 Å². The molecule has 2 heterocycles. The van der Waals surface area contributed by atoms with Crippen LogP contribution in [0.4, 0.5) is 11.5 Å². The Morgan fingerprint density at radius 3 is 2.42 bits per heavy atom. The lowest BCUT2D eigenvalue weighted by Crippen LogP contribution is -2.22. The van der Waals surface area contributed by atoms with E-state index in [1.807, 2.05) is 19.9 Å². The van der Waals surface area contributed by atoms with E-state index >= 15 is 0 Å². The molecule has 3 aromatic rings. The maximum absolute atomic E-state index is 12.7. The minimum atomic E-state index is -3.85. The number of benzene rings is 1. The Labute approximate surface area is 196 Å². The molecule has 0 spiro atoms. The lowest BCUT2D eigenvalue weighted by molar-refractivity contribution is -0.115. The van der Waals surface area contributed by atoms with Gasteiger partial charge < -0.3 is 9.84 Å². The molecule has 11 heteroatoms. The van der Waals surface area contributed by atoms with E-state index in [9.17, 15) is 18.5 Å². The molecule has 1 amide bonds. The zero-order chi connectivity index (χ0) is 24.2. The van der Waals surface area contributed by atoms with Gasteiger partial charge in [-0.2, -0.15) is 5.26 Å². The van der Waals surface area contributed by atoms with E-state index in [2.05, 4.69) is 26.2 Å². The number of carbonyl (C=O) groups excluding carboxylic acids is 1. The van der Waals surface area contributed by atoms with Crippen LogP contribution in [0.5, 0.6) is 0 Å². The van der Waals surface area contributed by atoms with Gasteiger partial charge in [0.05, 0.1) is 15.7 Å². The van der Waals surface area contributed by atoms with Crippen molar-refractivity contribution < 1.29 is 17.7 Å². The number of nitrogens with one attached hydrogen (secondary N) is 2. The van der Waals surface area contributed by atoms with Crippen LogP contribution in [0.2, 0.25) is 0 Å². The summed E-state index contributed by atoms with van der Waals surface area (Å²) in [6, 6.07) is 12.8. The molecule has 0 aliphatic carbocycles. The fraction of sp³-hybridized carbons (Fsp3) is 0.273. The SMILES string of the molecule is Cc1cc(NS(=O)(=O)c2ccc(NC(=O)C(C)Sc3nc(C(C)C)ccc3C#N)cc2)no1. The number of nitrogens with zero attached hydrogens (tertiary/aromatic N) is 3. The van der Waals surface area contributed by atoms with Crippen molar-refractivity contribution >= 4 is 39.2 Å². The van der Waals surface area contributed by atoms with Gasteiger partial charge in [-0.15, -0.1) is 0 Å². The summed E-state index contributed by atoms with van der Waals surface area (Å²) < 4.78 is 32.1. The van der Waals surface area contributed by atoms with E-state index in [1.165, 1.54) is 42.1 Å². The van der Waals surface area contributed by atoms with E-state index in [0.717, 1.165) is 5.69 Å². The number of rotatable bonds is 8. The van der Waals surface area contributed by atoms with Crippen molar-refractivity contribution in [3.05, 3.63) is 59.5 Å². The van der Waals surface area contributed by atoms with Crippen LogP contribution in [0.3, 0.4) is 0 Å². The molecule has 3 rings (SSSR count). The number of hydrogen-bond donors (Lipinski definition) is 2. The minimum Gasteiger partial charge on any atom is -0.360 e. The second-order valence-electron chi connectivity index (χ2n) is 7.56. The zero-order valence-electron chi connectivity index (χ0n) is 18.5. The van der Waals surface area contributed by atoms with Gasteiger partial charge in [-0.3, -0.25) is 9.52 Å². The van der Waals surface area contributed by atoms with Gasteiger partial charge in [0.25, 0.3) is 10.0 Å². The summed E-state index contributed by atoms with van der Waals surface area (Å²) in [6.07, 6.45) is 0. The summed E-state index contributed by atoms with van der Waals surface area (Å²) in [6.45, 7) is 7.38. The van der Waals surface area contributed by atoms with Crippen molar-refractivity contribution in [2.75, 3.05) is 10.0 Å². The van der Waals surface area contributed by atoms with Crippen molar-refractivity contribution in [1.82, 2.24) is 10.1 Å². The van der Waals surface area contributed by atoms with Crippen LogP contribution in [-0.2, 0) is 14.8 Å². The van der Waals surface area contributed by atoms with Crippen molar-refractivity contribution in [2.45, 2.75) is 48.8 Å². The number of anilines is 2. The summed E-state index contributed by atoms with van der Waals surface area (Å²) in [7, 11) is -3.85. The van der Waals surface area contributed by atoms with E-state index in [-0.39, 0.29) is 22.5 Å². The van der Waals surface area contributed by atoms with E-state index in [1.54, 1.807) is 19.9 Å². The third-order valence-electron chi connectivity index (χ3n) is 4.55. The van der Waals surface area contributed by atoms with E-state index in [4.69, 9.17) is 4.52 Å². The van der Waals surface area contributed by atoms with Crippen LogP contribution in [0, 0.1) is 18.3 Å². The second kappa shape index (κ2) is 10.1. The first-order valence-corrected chi connectivity index (χ1v) is 12.4. The molecule has 0 saturated carbocycles. The van der Waals surface area contributed by atoms with Crippen LogP contribution < -0.4 is 10.0 Å². The first-order chi connectivity index (χ1) is 15.6. The van der Waals surface area contributed by atoms with Gasteiger partial charge in [0.15, 0.2) is 5.82 Å². The Bertz CT molecular complexity index is 1300. The van der Waals surface area contributed by atoms with Crippen molar-refractivity contribution in [2.24, 2.45) is 0 Å². The Morgan fingerprint density at radius 2 is 1.85 bits per heavy atom. The summed E-state index contributed by atoms with van der Waals surface area (Å²) >= 11 is 1.20. The Balaban J connectivity index is 1.67. The number of sulfonamides is 1. The average Bonchev–Trinajstić information content (AvgIpc) is 3.17. The number of pyridine rings is 1. The standard InChI is InChI=1S/C22H23N5O4S2/c1-13(2)19-10-5-16(12-23)22(25-19)32-15(4)21(28)24-17-6-8-18(9-7-17)33(29,30)27-20-11-14(3)31-26-20/h5-11,13,15H,1-4H3,(H,24,28)(H,26,27). The molecule has 0 aliphatic rings. The molecule has 0 aliphatic heterocycles. The van der Waals surface area contributed by atoms with E-state index in [0.29, 0.717) is 22.0 Å². The molecule has 0 saturated heterocycles.